The molecule has 0 amide bonds. The minimum absolute atomic E-state index is 0.134. The molecule has 0 aliphatic heterocycles. The molecule has 3 aromatic rings. The van der Waals surface area contributed by atoms with E-state index in [2.05, 4.69) is 4.98 Å². The molecule has 0 bridgehead atoms. The highest BCUT2D eigenvalue weighted by atomic mass is 35.5. The third-order valence-electron chi connectivity index (χ3n) is 3.52. The van der Waals surface area contributed by atoms with E-state index in [1.807, 2.05) is 55.5 Å². The Bertz CT molecular complexity index is 893. The molecule has 3 rings (SSSR count). The SMILES string of the molecule is CCOc1ccc(-n2ccnc(SCc3ccc(Cl)cc3)c2=O)cc1. The Kier molecular flexibility index (Phi) is 5.79. The molecule has 2 aromatic carbocycles. The minimum atomic E-state index is -0.134. The van der Waals surface area contributed by atoms with Crippen molar-refractivity contribution < 1.29 is 4.74 Å². The van der Waals surface area contributed by atoms with E-state index in [0.29, 0.717) is 22.4 Å². The van der Waals surface area contributed by atoms with Crippen molar-refractivity contribution >= 4 is 23.4 Å². The van der Waals surface area contributed by atoms with Crippen LogP contribution in [-0.4, -0.2) is 16.2 Å². The highest BCUT2D eigenvalue weighted by Crippen LogP contribution is 2.20. The lowest BCUT2D eigenvalue weighted by atomic mass is 10.2. The zero-order valence-corrected chi connectivity index (χ0v) is 15.3. The largest absolute Gasteiger partial charge is 0.494 e. The molecular weight excluding hydrogens is 356 g/mol. The van der Waals surface area contributed by atoms with Gasteiger partial charge in [0.2, 0.25) is 0 Å². The molecule has 128 valence electrons. The standard InChI is InChI=1S/C19H17ClN2O2S/c1-2-24-17-9-7-16(8-10-17)22-12-11-21-18(19(22)23)25-13-14-3-5-15(20)6-4-14/h3-12H,2,13H2,1H3. The third kappa shape index (κ3) is 4.44. The Morgan fingerprint density at radius 3 is 2.52 bits per heavy atom. The quantitative estimate of drug-likeness (QED) is 0.594. The Hall–Kier alpha value is -2.24. The van der Waals surface area contributed by atoms with Gasteiger partial charge in [-0.15, -0.1) is 0 Å². The predicted molar refractivity (Wildman–Crippen MR) is 102 cm³/mol. The molecule has 0 N–H and O–H groups in total. The van der Waals surface area contributed by atoms with Crippen molar-refractivity contribution in [2.24, 2.45) is 0 Å². The third-order valence-corrected chi connectivity index (χ3v) is 4.81. The van der Waals surface area contributed by atoms with Gasteiger partial charge < -0.3 is 4.74 Å². The first kappa shape index (κ1) is 17.6. The van der Waals surface area contributed by atoms with Gasteiger partial charge in [0.25, 0.3) is 5.56 Å². The Morgan fingerprint density at radius 1 is 1.12 bits per heavy atom. The molecule has 0 unspecified atom stereocenters. The van der Waals surface area contributed by atoms with E-state index in [9.17, 15) is 4.79 Å². The zero-order valence-electron chi connectivity index (χ0n) is 13.7. The maximum absolute atomic E-state index is 12.7. The molecule has 0 saturated carbocycles. The average Bonchev–Trinajstić information content (AvgIpc) is 2.63. The topological polar surface area (TPSA) is 44.1 Å². The first-order valence-electron chi connectivity index (χ1n) is 7.85. The van der Waals surface area contributed by atoms with E-state index in [-0.39, 0.29) is 5.56 Å². The van der Waals surface area contributed by atoms with Crippen LogP contribution in [0.5, 0.6) is 5.75 Å². The number of hydrogen-bond donors (Lipinski definition) is 0. The van der Waals surface area contributed by atoms with Crippen molar-refractivity contribution in [3.8, 4) is 11.4 Å². The van der Waals surface area contributed by atoms with E-state index in [1.54, 1.807) is 17.0 Å². The molecule has 25 heavy (non-hydrogen) atoms. The molecule has 0 aliphatic rings. The van der Waals surface area contributed by atoms with Gasteiger partial charge >= 0.3 is 0 Å². The molecule has 0 atom stereocenters. The van der Waals surface area contributed by atoms with Crippen molar-refractivity contribution in [1.29, 1.82) is 0 Å². The van der Waals surface area contributed by atoms with Crippen LogP contribution in [0.2, 0.25) is 5.02 Å². The first-order chi connectivity index (χ1) is 12.2. The van der Waals surface area contributed by atoms with E-state index in [1.165, 1.54) is 11.8 Å². The average molecular weight is 373 g/mol. The van der Waals surface area contributed by atoms with Gasteiger partial charge in [0.1, 0.15) is 5.75 Å². The number of aromatic nitrogens is 2. The smallest absolute Gasteiger partial charge is 0.287 e. The van der Waals surface area contributed by atoms with Crippen molar-refractivity contribution in [3.63, 3.8) is 0 Å². The summed E-state index contributed by atoms with van der Waals surface area (Å²) in [7, 11) is 0. The maximum Gasteiger partial charge on any atom is 0.287 e. The second-order valence-electron chi connectivity index (χ2n) is 5.25. The number of thioether (sulfide) groups is 1. The summed E-state index contributed by atoms with van der Waals surface area (Å²) in [4.78, 5) is 16.9. The summed E-state index contributed by atoms with van der Waals surface area (Å²) >= 11 is 7.31. The summed E-state index contributed by atoms with van der Waals surface area (Å²) in [5.41, 5.74) is 1.74. The lowest BCUT2D eigenvalue weighted by Gasteiger charge is -2.09. The molecule has 0 fully saturated rings. The molecule has 6 heteroatoms. The van der Waals surface area contributed by atoms with Crippen LogP contribution in [0.25, 0.3) is 5.69 Å². The summed E-state index contributed by atoms with van der Waals surface area (Å²) in [6, 6.07) is 15.0. The summed E-state index contributed by atoms with van der Waals surface area (Å²) in [6.45, 7) is 2.55. The van der Waals surface area contributed by atoms with E-state index >= 15 is 0 Å². The first-order valence-corrected chi connectivity index (χ1v) is 9.22. The van der Waals surface area contributed by atoms with Crippen LogP contribution in [0.15, 0.2) is 70.7 Å². The van der Waals surface area contributed by atoms with Crippen LogP contribution in [0.4, 0.5) is 0 Å². The van der Waals surface area contributed by atoms with Crippen LogP contribution in [0.1, 0.15) is 12.5 Å². The Morgan fingerprint density at radius 2 is 1.84 bits per heavy atom. The van der Waals surface area contributed by atoms with Crippen LogP contribution in [-0.2, 0) is 5.75 Å². The molecule has 0 saturated heterocycles. The van der Waals surface area contributed by atoms with Crippen LogP contribution in [0, 0.1) is 0 Å². The fourth-order valence-electron chi connectivity index (χ4n) is 2.30. The van der Waals surface area contributed by atoms with Gasteiger partial charge in [-0.3, -0.25) is 9.36 Å². The second-order valence-corrected chi connectivity index (χ2v) is 6.65. The summed E-state index contributed by atoms with van der Waals surface area (Å²) in [5, 5.41) is 1.16. The number of halogens is 1. The van der Waals surface area contributed by atoms with Crippen molar-refractivity contribution in [2.45, 2.75) is 17.7 Å². The zero-order chi connectivity index (χ0) is 17.6. The fourth-order valence-corrected chi connectivity index (χ4v) is 3.28. The number of nitrogens with zero attached hydrogens (tertiary/aromatic N) is 2. The van der Waals surface area contributed by atoms with Gasteiger partial charge in [-0.05, 0) is 48.9 Å². The lowest BCUT2D eigenvalue weighted by Crippen LogP contribution is -2.20. The normalized spacial score (nSPS) is 10.6. The predicted octanol–water partition coefficient (Wildman–Crippen LogP) is 4.58. The van der Waals surface area contributed by atoms with Crippen molar-refractivity contribution in [2.75, 3.05) is 6.61 Å². The molecular formula is C19H17ClN2O2S. The molecule has 1 heterocycles. The Balaban J connectivity index is 1.79. The van der Waals surface area contributed by atoms with E-state index in [4.69, 9.17) is 16.3 Å². The monoisotopic (exact) mass is 372 g/mol. The molecule has 0 aliphatic carbocycles. The summed E-state index contributed by atoms with van der Waals surface area (Å²) in [5.74, 6) is 1.44. The molecule has 0 radical (unpaired) electrons. The van der Waals surface area contributed by atoms with E-state index in [0.717, 1.165) is 17.0 Å². The van der Waals surface area contributed by atoms with Gasteiger partial charge in [0.05, 0.1) is 6.61 Å². The highest BCUT2D eigenvalue weighted by Gasteiger charge is 2.08. The fraction of sp³-hybridized carbons (Fsp3) is 0.158. The number of hydrogen-bond acceptors (Lipinski definition) is 4. The molecule has 1 aromatic heterocycles. The molecule has 0 spiro atoms. The van der Waals surface area contributed by atoms with Crippen molar-refractivity contribution in [1.82, 2.24) is 9.55 Å². The summed E-state index contributed by atoms with van der Waals surface area (Å²) in [6.07, 6.45) is 3.31. The highest BCUT2D eigenvalue weighted by molar-refractivity contribution is 7.98. The lowest BCUT2D eigenvalue weighted by molar-refractivity contribution is 0.340. The van der Waals surface area contributed by atoms with Crippen molar-refractivity contribution in [3.05, 3.63) is 81.9 Å². The van der Waals surface area contributed by atoms with Gasteiger partial charge in [0, 0.05) is 28.9 Å². The van der Waals surface area contributed by atoms with Gasteiger partial charge in [-0.1, -0.05) is 35.5 Å². The minimum Gasteiger partial charge on any atom is -0.494 e. The van der Waals surface area contributed by atoms with Crippen LogP contribution < -0.4 is 10.3 Å². The summed E-state index contributed by atoms with van der Waals surface area (Å²) < 4.78 is 7.02. The maximum atomic E-state index is 12.7. The van der Waals surface area contributed by atoms with E-state index < -0.39 is 0 Å². The number of ether oxygens (including phenoxy) is 1. The van der Waals surface area contributed by atoms with Gasteiger partial charge in [-0.25, -0.2) is 4.98 Å². The second kappa shape index (κ2) is 8.23. The number of benzene rings is 2. The van der Waals surface area contributed by atoms with Gasteiger partial charge in [-0.2, -0.15) is 0 Å². The van der Waals surface area contributed by atoms with Crippen LogP contribution >= 0.6 is 23.4 Å². The Labute approximate surface area is 155 Å². The van der Waals surface area contributed by atoms with Crippen LogP contribution in [0.3, 0.4) is 0 Å². The molecule has 4 nitrogen and oxygen atoms in total. The van der Waals surface area contributed by atoms with Gasteiger partial charge in [0.15, 0.2) is 5.03 Å². The number of rotatable bonds is 6.